The highest BCUT2D eigenvalue weighted by Crippen LogP contribution is 2.28. The number of nitrogens with zero attached hydrogens (tertiary/aromatic N) is 2. The van der Waals surface area contributed by atoms with Gasteiger partial charge in [0.2, 0.25) is 5.88 Å². The van der Waals surface area contributed by atoms with E-state index < -0.39 is 0 Å². The lowest BCUT2D eigenvalue weighted by molar-refractivity contribution is 0.129. The first kappa shape index (κ1) is 13.3. The molecule has 2 rings (SSSR count). The molecule has 1 aromatic heterocycles. The summed E-state index contributed by atoms with van der Waals surface area (Å²) in [5.74, 6) is 1.25. The monoisotopic (exact) mass is 250 g/mol. The minimum absolute atomic E-state index is 0.298. The van der Waals surface area contributed by atoms with Crippen molar-refractivity contribution in [1.29, 1.82) is 0 Å². The van der Waals surface area contributed by atoms with Crippen LogP contribution >= 0.6 is 0 Å². The number of ether oxygens (including phenoxy) is 1. The van der Waals surface area contributed by atoms with E-state index in [1.807, 2.05) is 0 Å². The molecule has 1 aliphatic rings. The van der Waals surface area contributed by atoms with Crippen LogP contribution in [-0.2, 0) is 6.42 Å². The quantitative estimate of drug-likeness (QED) is 0.871. The molecule has 1 unspecified atom stereocenters. The Kier molecular flexibility index (Phi) is 4.93. The van der Waals surface area contributed by atoms with E-state index in [1.165, 1.54) is 38.4 Å². The Morgan fingerprint density at radius 2 is 2.11 bits per heavy atom. The molecule has 0 aliphatic heterocycles. The van der Waals surface area contributed by atoms with Gasteiger partial charge >= 0.3 is 0 Å². The molecule has 1 heterocycles. The maximum absolute atomic E-state index is 10.1. The highest BCUT2D eigenvalue weighted by molar-refractivity contribution is 5.13. The van der Waals surface area contributed by atoms with Gasteiger partial charge in [0.15, 0.2) is 0 Å². The molecule has 1 aromatic rings. The predicted molar refractivity (Wildman–Crippen MR) is 69.5 cm³/mol. The Hall–Kier alpha value is -1.16. The van der Waals surface area contributed by atoms with Crippen molar-refractivity contribution < 1.29 is 9.84 Å². The molecule has 0 bridgehead atoms. The molecule has 0 radical (unpaired) electrons. The molecule has 1 N–H and O–H groups in total. The number of hydrogen-bond acceptors (Lipinski definition) is 4. The van der Waals surface area contributed by atoms with Gasteiger partial charge in [0, 0.05) is 12.5 Å². The molecular weight excluding hydrogens is 228 g/mol. The normalized spacial score (nSPS) is 18.6. The molecule has 0 spiro atoms. The Morgan fingerprint density at radius 3 is 2.83 bits per heavy atom. The summed E-state index contributed by atoms with van der Waals surface area (Å²) >= 11 is 0. The van der Waals surface area contributed by atoms with Gasteiger partial charge < -0.3 is 9.84 Å². The molecule has 18 heavy (non-hydrogen) atoms. The molecule has 4 heteroatoms. The lowest BCUT2D eigenvalue weighted by atomic mass is 9.85. The van der Waals surface area contributed by atoms with Crippen LogP contribution in [0.3, 0.4) is 0 Å². The van der Waals surface area contributed by atoms with Crippen LogP contribution in [0.15, 0.2) is 12.4 Å². The van der Waals surface area contributed by atoms with E-state index in [2.05, 4.69) is 9.97 Å². The largest absolute Gasteiger partial charge is 0.481 e. The Labute approximate surface area is 108 Å². The maximum atomic E-state index is 10.1. The third-order valence-corrected chi connectivity index (χ3v) is 3.68. The highest BCUT2D eigenvalue weighted by Gasteiger charge is 2.18. The summed E-state index contributed by atoms with van der Waals surface area (Å²) < 4.78 is 5.05. The van der Waals surface area contributed by atoms with Gasteiger partial charge in [-0.2, -0.15) is 0 Å². The van der Waals surface area contributed by atoms with Gasteiger partial charge in [0.05, 0.1) is 18.9 Å². The highest BCUT2D eigenvalue weighted by atomic mass is 16.5. The van der Waals surface area contributed by atoms with Crippen molar-refractivity contribution in [2.75, 3.05) is 7.11 Å². The third-order valence-electron chi connectivity index (χ3n) is 3.68. The Balaban J connectivity index is 1.83. The van der Waals surface area contributed by atoms with Crippen LogP contribution in [-0.4, -0.2) is 28.3 Å². The fourth-order valence-corrected chi connectivity index (χ4v) is 2.73. The molecule has 0 saturated heterocycles. The lowest BCUT2D eigenvalue weighted by Crippen LogP contribution is -2.18. The number of hydrogen-bond donors (Lipinski definition) is 1. The summed E-state index contributed by atoms with van der Waals surface area (Å²) in [4.78, 5) is 8.14. The van der Waals surface area contributed by atoms with E-state index in [-0.39, 0.29) is 6.10 Å². The molecule has 4 nitrogen and oxygen atoms in total. The van der Waals surface area contributed by atoms with E-state index in [1.54, 1.807) is 13.2 Å². The van der Waals surface area contributed by atoms with Crippen molar-refractivity contribution in [3.63, 3.8) is 0 Å². The van der Waals surface area contributed by atoms with Crippen molar-refractivity contribution in [2.45, 2.75) is 51.0 Å². The van der Waals surface area contributed by atoms with Crippen LogP contribution in [0.25, 0.3) is 0 Å². The molecule has 100 valence electrons. The molecule has 0 aromatic carbocycles. The predicted octanol–water partition coefficient (Wildman–Crippen LogP) is 2.36. The van der Waals surface area contributed by atoms with Gasteiger partial charge in [0.25, 0.3) is 0 Å². The molecule has 0 amide bonds. The van der Waals surface area contributed by atoms with Gasteiger partial charge in [-0.3, -0.25) is 0 Å². The van der Waals surface area contributed by atoms with E-state index >= 15 is 0 Å². The number of aromatic nitrogens is 2. The number of methoxy groups -OCH3 is 1. The minimum Gasteiger partial charge on any atom is -0.481 e. The first-order chi connectivity index (χ1) is 8.78. The second kappa shape index (κ2) is 6.69. The number of aliphatic hydroxyl groups is 1. The van der Waals surface area contributed by atoms with Crippen molar-refractivity contribution >= 4 is 0 Å². The molecule has 1 atom stereocenters. The second-order valence-corrected chi connectivity index (χ2v) is 5.15. The zero-order valence-corrected chi connectivity index (χ0v) is 11.0. The zero-order chi connectivity index (χ0) is 12.8. The van der Waals surface area contributed by atoms with E-state index in [0.29, 0.717) is 18.2 Å². The summed E-state index contributed by atoms with van der Waals surface area (Å²) in [6.45, 7) is 0. The fourth-order valence-electron chi connectivity index (χ4n) is 2.73. The Bertz CT molecular complexity index is 365. The maximum Gasteiger partial charge on any atom is 0.216 e. The molecule has 1 saturated carbocycles. The van der Waals surface area contributed by atoms with Gasteiger partial charge in [-0.25, -0.2) is 9.97 Å². The van der Waals surface area contributed by atoms with Gasteiger partial charge in [0.1, 0.15) is 6.33 Å². The topological polar surface area (TPSA) is 55.2 Å². The Morgan fingerprint density at radius 1 is 1.33 bits per heavy atom. The van der Waals surface area contributed by atoms with Crippen molar-refractivity contribution in [3.8, 4) is 5.88 Å². The number of aliphatic hydroxyl groups excluding tert-OH is 1. The summed E-state index contributed by atoms with van der Waals surface area (Å²) in [6, 6.07) is 1.80. The summed E-state index contributed by atoms with van der Waals surface area (Å²) in [6.07, 6.45) is 9.21. The summed E-state index contributed by atoms with van der Waals surface area (Å²) in [5, 5.41) is 10.1. The van der Waals surface area contributed by atoms with Gasteiger partial charge in [-0.05, 0) is 12.3 Å². The average Bonchev–Trinajstić information content (AvgIpc) is 2.40. The average molecular weight is 250 g/mol. The van der Waals surface area contributed by atoms with Crippen LogP contribution in [0.5, 0.6) is 5.88 Å². The number of rotatable bonds is 5. The standard InChI is InChI=1S/C14H22N2O2/c1-18-14-9-12(15-10-16-14)8-13(17)7-11-5-3-2-4-6-11/h9-11,13,17H,2-8H2,1H3. The fraction of sp³-hybridized carbons (Fsp3) is 0.714. The van der Waals surface area contributed by atoms with E-state index in [0.717, 1.165) is 12.1 Å². The van der Waals surface area contributed by atoms with Crippen LogP contribution in [0.2, 0.25) is 0 Å². The minimum atomic E-state index is -0.298. The molecule has 1 aliphatic carbocycles. The lowest BCUT2D eigenvalue weighted by Gasteiger charge is -2.23. The third kappa shape index (κ3) is 3.95. The van der Waals surface area contributed by atoms with Gasteiger partial charge in [-0.1, -0.05) is 32.1 Å². The van der Waals surface area contributed by atoms with Crippen LogP contribution in [0, 0.1) is 5.92 Å². The first-order valence-corrected chi connectivity index (χ1v) is 6.81. The molecule has 1 fully saturated rings. The van der Waals surface area contributed by atoms with Crippen molar-refractivity contribution in [2.24, 2.45) is 5.92 Å². The summed E-state index contributed by atoms with van der Waals surface area (Å²) in [5.41, 5.74) is 0.852. The van der Waals surface area contributed by atoms with Crippen molar-refractivity contribution in [3.05, 3.63) is 18.1 Å². The van der Waals surface area contributed by atoms with Crippen molar-refractivity contribution in [1.82, 2.24) is 9.97 Å². The van der Waals surface area contributed by atoms with Crippen LogP contribution < -0.4 is 4.74 Å². The smallest absolute Gasteiger partial charge is 0.216 e. The SMILES string of the molecule is COc1cc(CC(O)CC2CCCCC2)ncn1. The summed E-state index contributed by atoms with van der Waals surface area (Å²) in [7, 11) is 1.59. The van der Waals surface area contributed by atoms with Gasteiger partial charge in [-0.15, -0.1) is 0 Å². The molecular formula is C14H22N2O2. The van der Waals surface area contributed by atoms with Crippen LogP contribution in [0.1, 0.15) is 44.2 Å². The van der Waals surface area contributed by atoms with E-state index in [9.17, 15) is 5.11 Å². The van der Waals surface area contributed by atoms with E-state index in [4.69, 9.17) is 4.74 Å². The first-order valence-electron chi connectivity index (χ1n) is 6.81. The second-order valence-electron chi connectivity index (χ2n) is 5.15. The van der Waals surface area contributed by atoms with Crippen LogP contribution in [0.4, 0.5) is 0 Å². The zero-order valence-electron chi connectivity index (χ0n) is 11.0.